The summed E-state index contributed by atoms with van der Waals surface area (Å²) in [6, 6.07) is 6.15. The fourth-order valence-electron chi connectivity index (χ4n) is 2.54. The Morgan fingerprint density at radius 1 is 1.37 bits per heavy atom. The summed E-state index contributed by atoms with van der Waals surface area (Å²) in [5, 5.41) is 18.8. The van der Waals surface area contributed by atoms with Crippen molar-refractivity contribution in [2.24, 2.45) is 5.10 Å². The number of alkyl halides is 2. The quantitative estimate of drug-likeness (QED) is 0.806. The summed E-state index contributed by atoms with van der Waals surface area (Å²) < 4.78 is 33.2. The number of halogens is 4. The van der Waals surface area contributed by atoms with Gasteiger partial charge >= 0.3 is 0 Å². The second kappa shape index (κ2) is 7.41. The number of amides is 1. The molecule has 2 heterocycles. The van der Waals surface area contributed by atoms with Gasteiger partial charge in [-0.25, -0.2) is 13.5 Å². The lowest BCUT2D eigenvalue weighted by atomic mass is 10.1. The lowest BCUT2D eigenvalue weighted by Crippen LogP contribution is -2.51. The maximum Gasteiger partial charge on any atom is 0.297 e. The van der Waals surface area contributed by atoms with E-state index in [-0.39, 0.29) is 23.9 Å². The van der Waals surface area contributed by atoms with Crippen molar-refractivity contribution in [1.82, 2.24) is 14.8 Å². The molecule has 0 spiro atoms. The van der Waals surface area contributed by atoms with E-state index in [1.807, 2.05) is 0 Å². The van der Waals surface area contributed by atoms with Gasteiger partial charge in [-0.1, -0.05) is 29.3 Å². The van der Waals surface area contributed by atoms with Crippen LogP contribution >= 0.6 is 23.2 Å². The Kier molecular flexibility index (Phi) is 5.36. The van der Waals surface area contributed by atoms with E-state index >= 15 is 0 Å². The number of hydrogen-bond acceptors (Lipinski definition) is 5. The number of hydrogen-bond donors (Lipinski definition) is 1. The molecule has 0 saturated carbocycles. The Labute approximate surface area is 162 Å². The number of aromatic nitrogens is 2. The van der Waals surface area contributed by atoms with E-state index in [1.165, 1.54) is 23.9 Å². The maximum atomic E-state index is 13.2. The molecule has 2 aromatic rings. The number of hydrazone groups is 1. The molecule has 3 rings (SSSR count). The molecule has 1 N–H and O–H groups in total. The smallest absolute Gasteiger partial charge is 0.297 e. The molecule has 1 aromatic heterocycles. The lowest BCUT2D eigenvalue weighted by Gasteiger charge is -2.29. The molecular weight excluding hydrogens is 405 g/mol. The van der Waals surface area contributed by atoms with Gasteiger partial charge in [0.05, 0.1) is 10.0 Å². The second-order valence-corrected chi connectivity index (χ2v) is 6.69. The van der Waals surface area contributed by atoms with Crippen molar-refractivity contribution in [3.05, 3.63) is 46.2 Å². The van der Waals surface area contributed by atoms with Crippen LogP contribution in [-0.4, -0.2) is 43.7 Å². The lowest BCUT2D eigenvalue weighted by molar-refractivity contribution is -0.164. The molecule has 144 valence electrons. The highest BCUT2D eigenvalue weighted by molar-refractivity contribution is 6.37. The summed E-state index contributed by atoms with van der Waals surface area (Å²) in [6.07, 6.45) is -2.22. The molecule has 0 fully saturated rings. The van der Waals surface area contributed by atoms with E-state index in [1.54, 1.807) is 18.2 Å². The van der Waals surface area contributed by atoms with Gasteiger partial charge < -0.3 is 9.84 Å². The Morgan fingerprint density at radius 2 is 2.04 bits per heavy atom. The van der Waals surface area contributed by atoms with Gasteiger partial charge in [0.1, 0.15) is 0 Å². The molecule has 27 heavy (non-hydrogen) atoms. The number of nitrogens with zero attached hydrogens (tertiary/aromatic N) is 4. The molecule has 7 nitrogen and oxygen atoms in total. The van der Waals surface area contributed by atoms with Crippen LogP contribution in [0.25, 0.3) is 0 Å². The minimum Gasteiger partial charge on any atom is -0.468 e. The third-order valence-electron chi connectivity index (χ3n) is 3.82. The van der Waals surface area contributed by atoms with E-state index in [2.05, 4.69) is 10.2 Å². The van der Waals surface area contributed by atoms with Crippen LogP contribution in [0.4, 0.5) is 8.78 Å². The van der Waals surface area contributed by atoms with Crippen LogP contribution in [0, 0.1) is 0 Å². The van der Waals surface area contributed by atoms with Gasteiger partial charge in [-0.15, -0.1) is 0 Å². The van der Waals surface area contributed by atoms with Crippen LogP contribution in [-0.2, 0) is 6.73 Å². The molecule has 0 saturated heterocycles. The molecule has 1 aliphatic rings. The van der Waals surface area contributed by atoms with Crippen molar-refractivity contribution in [2.75, 3.05) is 0 Å². The molecule has 1 aromatic carbocycles. The van der Waals surface area contributed by atoms with E-state index in [0.29, 0.717) is 15.1 Å². The van der Waals surface area contributed by atoms with Crippen molar-refractivity contribution in [3.8, 4) is 5.75 Å². The summed E-state index contributed by atoms with van der Waals surface area (Å²) in [5.41, 5.74) is -2.66. The highest BCUT2D eigenvalue weighted by Gasteiger charge is 2.51. The minimum atomic E-state index is -3.18. The Hall–Kier alpha value is -2.23. The van der Waals surface area contributed by atoms with Crippen molar-refractivity contribution >= 4 is 34.8 Å². The Balaban J connectivity index is 1.75. The number of benzene rings is 1. The van der Waals surface area contributed by atoms with Gasteiger partial charge in [0.15, 0.2) is 18.2 Å². The summed E-state index contributed by atoms with van der Waals surface area (Å²) in [5.74, 6) is -0.708. The van der Waals surface area contributed by atoms with Gasteiger partial charge in [0, 0.05) is 18.3 Å². The number of aliphatic hydroxyl groups is 1. The minimum absolute atomic E-state index is 0.127. The van der Waals surface area contributed by atoms with Crippen LogP contribution < -0.4 is 4.74 Å². The third-order valence-corrected chi connectivity index (χ3v) is 4.41. The standard InChI is InChI=1S/C16H14Cl2F2N4O3/c1-9-7-16(26,15(19)20)24(21-9)14(25)12-5-6-23(22-12)8-27-13-10(17)3-2-4-11(13)18/h2-6,15,26H,7-8H2,1H3. The van der Waals surface area contributed by atoms with Gasteiger partial charge in [-0.05, 0) is 25.1 Å². The number of para-hydroxylation sites is 1. The monoisotopic (exact) mass is 418 g/mol. The topological polar surface area (TPSA) is 80.0 Å². The second-order valence-electron chi connectivity index (χ2n) is 5.87. The van der Waals surface area contributed by atoms with Gasteiger partial charge in [-0.2, -0.15) is 15.2 Å². The van der Waals surface area contributed by atoms with Crippen molar-refractivity contribution in [3.63, 3.8) is 0 Å². The van der Waals surface area contributed by atoms with Crippen LogP contribution in [0.1, 0.15) is 23.8 Å². The van der Waals surface area contributed by atoms with Crippen LogP contribution in [0.3, 0.4) is 0 Å². The number of ether oxygens (including phenoxy) is 1. The average Bonchev–Trinajstić information content (AvgIpc) is 3.19. The Morgan fingerprint density at radius 3 is 2.67 bits per heavy atom. The Bertz CT molecular complexity index is 885. The molecule has 1 atom stereocenters. The van der Waals surface area contributed by atoms with Crippen LogP contribution in [0.2, 0.25) is 10.0 Å². The predicted molar refractivity (Wildman–Crippen MR) is 94.2 cm³/mol. The first-order valence-electron chi connectivity index (χ1n) is 7.72. The molecule has 1 aliphatic heterocycles. The van der Waals surface area contributed by atoms with Crippen LogP contribution in [0.15, 0.2) is 35.6 Å². The largest absolute Gasteiger partial charge is 0.468 e. The summed E-state index contributed by atoms with van der Waals surface area (Å²) in [6.45, 7) is 1.32. The zero-order chi connectivity index (χ0) is 19.8. The van der Waals surface area contributed by atoms with Crippen LogP contribution in [0.5, 0.6) is 5.75 Å². The molecule has 0 bridgehead atoms. The van der Waals surface area contributed by atoms with Gasteiger partial charge in [0.25, 0.3) is 12.3 Å². The molecule has 11 heteroatoms. The first-order chi connectivity index (χ1) is 12.7. The first-order valence-corrected chi connectivity index (χ1v) is 8.47. The SMILES string of the molecule is CC1=NN(C(=O)c2ccn(COc3c(Cl)cccc3Cl)n2)C(O)(C(F)F)C1. The highest BCUT2D eigenvalue weighted by atomic mass is 35.5. The van der Waals surface area contributed by atoms with E-state index in [9.17, 15) is 18.7 Å². The maximum absolute atomic E-state index is 13.2. The normalized spacial score (nSPS) is 19.5. The van der Waals surface area contributed by atoms with Crippen molar-refractivity contribution < 1.29 is 23.4 Å². The number of carbonyl (C=O) groups excluding carboxylic acids is 1. The third kappa shape index (κ3) is 3.76. The molecule has 1 amide bonds. The number of carbonyl (C=O) groups is 1. The molecular formula is C16H14Cl2F2N4O3. The zero-order valence-corrected chi connectivity index (χ0v) is 15.5. The predicted octanol–water partition coefficient (Wildman–Crippen LogP) is 3.40. The highest BCUT2D eigenvalue weighted by Crippen LogP contribution is 2.33. The van der Waals surface area contributed by atoms with Gasteiger partial charge in [0.2, 0.25) is 5.72 Å². The van der Waals surface area contributed by atoms with Gasteiger partial charge in [-0.3, -0.25) is 4.79 Å². The van der Waals surface area contributed by atoms with E-state index in [0.717, 1.165) is 0 Å². The first kappa shape index (κ1) is 19.5. The van der Waals surface area contributed by atoms with E-state index in [4.69, 9.17) is 27.9 Å². The van der Waals surface area contributed by atoms with Crippen molar-refractivity contribution in [1.29, 1.82) is 0 Å². The fraction of sp³-hybridized carbons (Fsp3) is 0.312. The fourth-order valence-corrected chi connectivity index (χ4v) is 3.05. The molecule has 0 aliphatic carbocycles. The number of rotatable bonds is 5. The van der Waals surface area contributed by atoms with E-state index < -0.39 is 24.5 Å². The summed E-state index contributed by atoms with van der Waals surface area (Å²) in [4.78, 5) is 12.5. The molecule has 1 unspecified atom stereocenters. The molecule has 0 radical (unpaired) electrons. The van der Waals surface area contributed by atoms with Crippen molar-refractivity contribution in [2.45, 2.75) is 32.2 Å². The average molecular weight is 419 g/mol. The zero-order valence-electron chi connectivity index (χ0n) is 13.9. The summed E-state index contributed by atoms with van der Waals surface area (Å²) in [7, 11) is 0. The summed E-state index contributed by atoms with van der Waals surface area (Å²) >= 11 is 12.0.